The van der Waals surface area contributed by atoms with Gasteiger partial charge in [0.1, 0.15) is 6.04 Å². The van der Waals surface area contributed by atoms with Crippen LogP contribution in [0.25, 0.3) is 0 Å². The number of nitrogens with zero attached hydrogens (tertiary/aromatic N) is 4. The van der Waals surface area contributed by atoms with Gasteiger partial charge < -0.3 is 9.47 Å². The summed E-state index contributed by atoms with van der Waals surface area (Å²) >= 11 is 3.54. The van der Waals surface area contributed by atoms with E-state index in [1.807, 2.05) is 59.6 Å². The molecule has 1 unspecified atom stereocenters. The average molecular weight is 540 g/mol. The van der Waals surface area contributed by atoms with Crippen molar-refractivity contribution in [2.45, 2.75) is 32.1 Å². The van der Waals surface area contributed by atoms with Crippen LogP contribution in [0.15, 0.2) is 89.8 Å². The minimum Gasteiger partial charge on any atom is -0.336 e. The second kappa shape index (κ2) is 10.9. The molecule has 1 amide bonds. The van der Waals surface area contributed by atoms with Crippen molar-refractivity contribution < 1.29 is 4.79 Å². The summed E-state index contributed by atoms with van der Waals surface area (Å²) in [6.07, 6.45) is 4.46. The first-order valence-corrected chi connectivity index (χ1v) is 12.7. The molecule has 7 heteroatoms. The van der Waals surface area contributed by atoms with Crippen LogP contribution in [0.2, 0.25) is 0 Å². The van der Waals surface area contributed by atoms with Gasteiger partial charge in [-0.1, -0.05) is 64.5 Å². The first kappa shape index (κ1) is 24.0. The van der Waals surface area contributed by atoms with Gasteiger partial charge in [0.2, 0.25) is 5.91 Å². The standard InChI is InChI=1S/C29H26BrN5O/c30-25-6-3-4-23(14-25)19-34-13-12-24-5-1-2-7-27(24)28(29(34)36)33-17-26-16-32-20-35(26)18-22-10-8-21(15-31)9-11-22/h1-11,14,16,20,28,33H,12-13,17-19H2. The maximum atomic E-state index is 13.8. The van der Waals surface area contributed by atoms with Gasteiger partial charge in [0.15, 0.2) is 0 Å². The number of imidazole rings is 1. The minimum absolute atomic E-state index is 0.0816. The highest BCUT2D eigenvalue weighted by atomic mass is 79.9. The Hall–Kier alpha value is -3.73. The molecule has 1 aliphatic rings. The van der Waals surface area contributed by atoms with E-state index >= 15 is 0 Å². The number of carbonyl (C=O) groups excluding carboxylic acids is 1. The number of rotatable bonds is 7. The highest BCUT2D eigenvalue weighted by Gasteiger charge is 2.30. The fraction of sp³-hybridized carbons (Fsp3) is 0.207. The SMILES string of the molecule is N#Cc1ccc(Cn2cncc2CNC2C(=O)N(Cc3cccc(Br)c3)CCc3ccccc32)cc1. The predicted octanol–water partition coefficient (Wildman–Crippen LogP) is 4.98. The Morgan fingerprint density at radius 1 is 1.03 bits per heavy atom. The number of benzene rings is 3. The Bertz CT molecular complexity index is 1410. The molecule has 0 spiro atoms. The quantitative estimate of drug-likeness (QED) is 0.359. The number of hydrogen-bond donors (Lipinski definition) is 1. The Kier molecular flexibility index (Phi) is 7.26. The van der Waals surface area contributed by atoms with Gasteiger partial charge in [-0.25, -0.2) is 4.98 Å². The van der Waals surface area contributed by atoms with Crippen LogP contribution in [0.4, 0.5) is 0 Å². The summed E-state index contributed by atoms with van der Waals surface area (Å²) in [4.78, 5) is 20.1. The zero-order chi connectivity index (χ0) is 24.9. The molecule has 0 aliphatic carbocycles. The molecule has 0 bridgehead atoms. The lowest BCUT2D eigenvalue weighted by Crippen LogP contribution is -2.39. The van der Waals surface area contributed by atoms with Crippen LogP contribution in [0.1, 0.15) is 39.6 Å². The minimum atomic E-state index is -0.436. The van der Waals surface area contributed by atoms with Gasteiger partial charge in [0.25, 0.3) is 0 Å². The van der Waals surface area contributed by atoms with Crippen LogP contribution in [-0.2, 0) is 30.8 Å². The van der Waals surface area contributed by atoms with E-state index in [1.54, 1.807) is 6.33 Å². The lowest BCUT2D eigenvalue weighted by molar-refractivity contribution is -0.134. The highest BCUT2D eigenvalue weighted by Crippen LogP contribution is 2.27. The van der Waals surface area contributed by atoms with Crippen LogP contribution in [0.5, 0.6) is 0 Å². The number of nitriles is 1. The third-order valence-corrected chi connectivity index (χ3v) is 7.05. The Balaban J connectivity index is 1.35. The second-order valence-electron chi connectivity index (χ2n) is 8.97. The molecule has 0 fully saturated rings. The van der Waals surface area contributed by atoms with Gasteiger partial charge in [0.05, 0.1) is 23.7 Å². The molecule has 4 aromatic rings. The summed E-state index contributed by atoms with van der Waals surface area (Å²) in [5.41, 5.74) is 6.06. The molecule has 0 saturated heterocycles. The fourth-order valence-corrected chi connectivity index (χ4v) is 5.11. The van der Waals surface area contributed by atoms with Crippen molar-refractivity contribution in [2.75, 3.05) is 6.54 Å². The molecule has 1 aliphatic heterocycles. The third-order valence-electron chi connectivity index (χ3n) is 6.56. The zero-order valence-electron chi connectivity index (χ0n) is 19.8. The first-order valence-electron chi connectivity index (χ1n) is 11.9. The van der Waals surface area contributed by atoms with E-state index in [1.165, 1.54) is 5.56 Å². The van der Waals surface area contributed by atoms with Gasteiger partial charge in [-0.15, -0.1) is 0 Å². The lowest BCUT2D eigenvalue weighted by Gasteiger charge is -2.26. The summed E-state index contributed by atoms with van der Waals surface area (Å²) in [6.45, 7) is 2.40. The Morgan fingerprint density at radius 3 is 2.67 bits per heavy atom. The Morgan fingerprint density at radius 2 is 1.86 bits per heavy atom. The summed E-state index contributed by atoms with van der Waals surface area (Å²) in [7, 11) is 0. The molecule has 6 nitrogen and oxygen atoms in total. The first-order chi connectivity index (χ1) is 17.6. The van der Waals surface area contributed by atoms with E-state index in [9.17, 15) is 4.79 Å². The monoisotopic (exact) mass is 539 g/mol. The van der Waals surface area contributed by atoms with Crippen molar-refractivity contribution in [1.82, 2.24) is 19.8 Å². The third kappa shape index (κ3) is 5.40. The van der Waals surface area contributed by atoms with Crippen LogP contribution in [-0.4, -0.2) is 26.9 Å². The number of hydrogen-bond acceptors (Lipinski definition) is 4. The number of carbonyl (C=O) groups is 1. The smallest absolute Gasteiger partial charge is 0.244 e. The molecule has 1 atom stereocenters. The number of amides is 1. The molecular formula is C29H26BrN5O. The van der Waals surface area contributed by atoms with E-state index < -0.39 is 6.04 Å². The summed E-state index contributed by atoms with van der Waals surface area (Å²) in [5.74, 6) is 0.0816. The normalized spacial score (nSPS) is 15.3. The lowest BCUT2D eigenvalue weighted by atomic mass is 9.99. The Labute approximate surface area is 219 Å². The molecule has 36 heavy (non-hydrogen) atoms. The van der Waals surface area contributed by atoms with Crippen molar-refractivity contribution in [2.24, 2.45) is 0 Å². The summed E-state index contributed by atoms with van der Waals surface area (Å²) in [5, 5.41) is 12.6. The van der Waals surface area contributed by atoms with Gasteiger partial charge in [-0.3, -0.25) is 10.1 Å². The molecule has 3 aromatic carbocycles. The van der Waals surface area contributed by atoms with E-state index in [0.717, 1.165) is 33.3 Å². The summed E-state index contributed by atoms with van der Waals surface area (Å²) in [6, 6.07) is 25.6. The van der Waals surface area contributed by atoms with Crippen molar-refractivity contribution in [1.29, 1.82) is 5.26 Å². The maximum absolute atomic E-state index is 13.8. The van der Waals surface area contributed by atoms with Crippen LogP contribution >= 0.6 is 15.9 Å². The van der Waals surface area contributed by atoms with Gasteiger partial charge >= 0.3 is 0 Å². The van der Waals surface area contributed by atoms with Crippen LogP contribution in [0.3, 0.4) is 0 Å². The second-order valence-corrected chi connectivity index (χ2v) is 9.89. The predicted molar refractivity (Wildman–Crippen MR) is 142 cm³/mol. The van der Waals surface area contributed by atoms with Crippen LogP contribution < -0.4 is 5.32 Å². The number of fused-ring (bicyclic) bond motifs is 1. The molecular weight excluding hydrogens is 514 g/mol. The van der Waals surface area contributed by atoms with Crippen molar-refractivity contribution in [3.8, 4) is 6.07 Å². The number of aromatic nitrogens is 2. The van der Waals surface area contributed by atoms with Gasteiger partial charge in [0, 0.05) is 36.8 Å². The van der Waals surface area contributed by atoms with Crippen molar-refractivity contribution >= 4 is 21.8 Å². The largest absolute Gasteiger partial charge is 0.336 e. The molecule has 0 radical (unpaired) electrons. The molecule has 180 valence electrons. The zero-order valence-corrected chi connectivity index (χ0v) is 21.4. The van der Waals surface area contributed by atoms with Crippen LogP contribution in [0, 0.1) is 11.3 Å². The van der Waals surface area contributed by atoms with E-state index in [-0.39, 0.29) is 5.91 Å². The molecule has 1 N–H and O–H groups in total. The summed E-state index contributed by atoms with van der Waals surface area (Å²) < 4.78 is 3.08. The van der Waals surface area contributed by atoms with Crippen molar-refractivity contribution in [3.63, 3.8) is 0 Å². The highest BCUT2D eigenvalue weighted by molar-refractivity contribution is 9.10. The maximum Gasteiger partial charge on any atom is 0.244 e. The van der Waals surface area contributed by atoms with E-state index in [4.69, 9.17) is 5.26 Å². The topological polar surface area (TPSA) is 74.0 Å². The van der Waals surface area contributed by atoms with E-state index in [0.29, 0.717) is 31.7 Å². The molecule has 0 saturated carbocycles. The fourth-order valence-electron chi connectivity index (χ4n) is 4.66. The molecule has 5 rings (SSSR count). The molecule has 2 heterocycles. The number of nitrogens with one attached hydrogen (secondary N) is 1. The average Bonchev–Trinajstić information content (AvgIpc) is 3.29. The van der Waals surface area contributed by atoms with Gasteiger partial charge in [-0.2, -0.15) is 5.26 Å². The van der Waals surface area contributed by atoms with Gasteiger partial charge in [-0.05, 0) is 52.9 Å². The van der Waals surface area contributed by atoms with Crippen molar-refractivity contribution in [3.05, 3.63) is 123 Å². The number of halogens is 1. The van der Waals surface area contributed by atoms with E-state index in [2.05, 4.69) is 61.1 Å². The molecule has 1 aromatic heterocycles.